The number of rotatable bonds is 6. The van der Waals surface area contributed by atoms with Gasteiger partial charge in [0.05, 0.1) is 4.88 Å². The van der Waals surface area contributed by atoms with E-state index < -0.39 is 10.0 Å². The first kappa shape index (κ1) is 16.4. The number of thiophene rings is 1. The molecule has 1 saturated carbocycles. The van der Waals surface area contributed by atoms with Crippen molar-refractivity contribution < 1.29 is 12.8 Å². The van der Waals surface area contributed by atoms with Gasteiger partial charge in [0, 0.05) is 12.5 Å². The van der Waals surface area contributed by atoms with Crippen molar-refractivity contribution in [1.82, 2.24) is 14.9 Å². The van der Waals surface area contributed by atoms with E-state index in [0.717, 1.165) is 29.7 Å². The minimum atomic E-state index is -3.57. The maximum Gasteiger partial charge on any atom is 0.257 e. The van der Waals surface area contributed by atoms with Gasteiger partial charge in [-0.05, 0) is 30.5 Å². The highest BCUT2D eigenvalue weighted by Gasteiger charge is 2.26. The van der Waals surface area contributed by atoms with Crippen LogP contribution in [0, 0.1) is 0 Å². The molecule has 6 nitrogen and oxygen atoms in total. The zero-order valence-corrected chi connectivity index (χ0v) is 15.0. The van der Waals surface area contributed by atoms with Gasteiger partial charge in [-0.3, -0.25) is 0 Å². The van der Waals surface area contributed by atoms with E-state index in [-0.39, 0.29) is 10.8 Å². The van der Waals surface area contributed by atoms with Crippen LogP contribution < -0.4 is 4.72 Å². The molecule has 0 atom stereocenters. The van der Waals surface area contributed by atoms with Gasteiger partial charge < -0.3 is 4.42 Å². The molecular formula is C17H17N3O3S2. The monoisotopic (exact) mass is 375 g/mol. The Bertz CT molecular complexity index is 960. The normalized spacial score (nSPS) is 15.2. The van der Waals surface area contributed by atoms with Crippen molar-refractivity contribution in [2.24, 2.45) is 0 Å². The third-order valence-corrected chi connectivity index (χ3v) is 7.23. The predicted octanol–water partition coefficient (Wildman–Crippen LogP) is 3.54. The number of hydrogen-bond donors (Lipinski definition) is 1. The fourth-order valence-corrected chi connectivity index (χ4v) is 4.87. The van der Waals surface area contributed by atoms with Crippen LogP contribution in [0.2, 0.25) is 0 Å². The molecule has 1 N–H and O–H groups in total. The highest BCUT2D eigenvalue weighted by atomic mass is 32.2. The van der Waals surface area contributed by atoms with Crippen LogP contribution in [0.3, 0.4) is 0 Å². The van der Waals surface area contributed by atoms with Gasteiger partial charge in [-0.1, -0.05) is 36.8 Å². The number of nitrogens with one attached hydrogen (secondary N) is 1. The maximum absolute atomic E-state index is 12.5. The first-order valence-electron chi connectivity index (χ1n) is 8.09. The summed E-state index contributed by atoms with van der Waals surface area (Å²) in [6.07, 6.45) is 3.35. The minimum Gasteiger partial charge on any atom is -0.420 e. The molecule has 0 spiro atoms. The SMILES string of the molecule is O=S(=O)(NCc1ccccc1)c1ccc(-c2nnc(C3CCC3)o2)s1. The summed E-state index contributed by atoms with van der Waals surface area (Å²) in [5.74, 6) is 1.40. The molecule has 8 heteroatoms. The second-order valence-corrected chi connectivity index (χ2v) is 9.08. The van der Waals surface area contributed by atoms with Gasteiger partial charge in [-0.15, -0.1) is 21.5 Å². The number of hydrogen-bond acceptors (Lipinski definition) is 6. The van der Waals surface area contributed by atoms with Crippen molar-refractivity contribution in [3.05, 3.63) is 53.9 Å². The molecular weight excluding hydrogens is 358 g/mol. The summed E-state index contributed by atoms with van der Waals surface area (Å²) in [6.45, 7) is 0.253. The lowest BCUT2D eigenvalue weighted by molar-refractivity contribution is 0.338. The van der Waals surface area contributed by atoms with Crippen LogP contribution in [0.4, 0.5) is 0 Å². The Morgan fingerprint density at radius 2 is 1.92 bits per heavy atom. The van der Waals surface area contributed by atoms with E-state index in [9.17, 15) is 8.42 Å². The molecule has 3 aromatic rings. The average Bonchev–Trinajstić information content (AvgIpc) is 3.22. The summed E-state index contributed by atoms with van der Waals surface area (Å²) in [5, 5.41) is 8.14. The van der Waals surface area contributed by atoms with Crippen LogP contribution in [0.15, 0.2) is 51.1 Å². The molecule has 2 heterocycles. The molecule has 4 rings (SSSR count). The Kier molecular flexibility index (Phi) is 4.41. The lowest BCUT2D eigenvalue weighted by Gasteiger charge is -2.20. The van der Waals surface area contributed by atoms with Gasteiger partial charge >= 0.3 is 0 Å². The summed E-state index contributed by atoms with van der Waals surface area (Å²) in [6, 6.07) is 12.7. The fraction of sp³-hybridized carbons (Fsp3) is 0.294. The Balaban J connectivity index is 1.48. The third kappa shape index (κ3) is 3.51. The van der Waals surface area contributed by atoms with Crippen molar-refractivity contribution in [1.29, 1.82) is 0 Å². The number of aromatic nitrogens is 2. The van der Waals surface area contributed by atoms with Gasteiger partial charge in [0.15, 0.2) is 0 Å². The molecule has 1 aliphatic rings. The van der Waals surface area contributed by atoms with E-state index in [0.29, 0.717) is 22.6 Å². The van der Waals surface area contributed by atoms with Gasteiger partial charge in [0.2, 0.25) is 15.9 Å². The van der Waals surface area contributed by atoms with Crippen LogP contribution in [-0.4, -0.2) is 18.6 Å². The number of sulfonamides is 1. The highest BCUT2D eigenvalue weighted by molar-refractivity contribution is 7.91. The van der Waals surface area contributed by atoms with Crippen molar-refractivity contribution >= 4 is 21.4 Å². The van der Waals surface area contributed by atoms with Crippen LogP contribution in [0.1, 0.15) is 36.6 Å². The summed E-state index contributed by atoms with van der Waals surface area (Å²) >= 11 is 1.13. The van der Waals surface area contributed by atoms with Crippen molar-refractivity contribution in [2.45, 2.75) is 35.9 Å². The zero-order valence-electron chi connectivity index (χ0n) is 13.4. The van der Waals surface area contributed by atoms with Crippen LogP contribution >= 0.6 is 11.3 Å². The Labute approximate surface area is 150 Å². The third-order valence-electron chi connectivity index (χ3n) is 4.26. The van der Waals surface area contributed by atoms with Gasteiger partial charge in [-0.25, -0.2) is 13.1 Å². The molecule has 0 unspecified atom stereocenters. The average molecular weight is 375 g/mol. The molecule has 0 aliphatic heterocycles. The second-order valence-electron chi connectivity index (χ2n) is 6.00. The summed E-state index contributed by atoms with van der Waals surface area (Å²) in [4.78, 5) is 0.665. The van der Waals surface area contributed by atoms with Gasteiger partial charge in [0.1, 0.15) is 4.21 Å². The molecule has 25 heavy (non-hydrogen) atoms. The molecule has 2 aromatic heterocycles. The summed E-state index contributed by atoms with van der Waals surface area (Å²) in [7, 11) is -3.57. The van der Waals surface area contributed by atoms with Crippen molar-refractivity contribution in [3.8, 4) is 10.8 Å². The quantitative estimate of drug-likeness (QED) is 0.712. The Morgan fingerprint density at radius 3 is 2.64 bits per heavy atom. The molecule has 0 bridgehead atoms. The lowest BCUT2D eigenvalue weighted by Crippen LogP contribution is -2.22. The lowest BCUT2D eigenvalue weighted by atomic mass is 9.85. The molecule has 1 fully saturated rings. The molecule has 0 amide bonds. The Hall–Kier alpha value is -2.03. The first-order valence-corrected chi connectivity index (χ1v) is 10.4. The molecule has 130 valence electrons. The largest absolute Gasteiger partial charge is 0.420 e. The summed E-state index contributed by atoms with van der Waals surface area (Å²) in [5.41, 5.74) is 0.907. The number of nitrogens with zero attached hydrogens (tertiary/aromatic N) is 2. The number of benzene rings is 1. The zero-order chi connectivity index (χ0) is 17.3. The van der Waals surface area contributed by atoms with Gasteiger partial charge in [-0.2, -0.15) is 0 Å². The van der Waals surface area contributed by atoms with E-state index in [1.165, 1.54) is 6.42 Å². The van der Waals surface area contributed by atoms with Crippen LogP contribution in [0.25, 0.3) is 10.8 Å². The topological polar surface area (TPSA) is 85.1 Å². The van der Waals surface area contributed by atoms with E-state index in [1.54, 1.807) is 12.1 Å². The fourth-order valence-electron chi connectivity index (χ4n) is 2.58. The second kappa shape index (κ2) is 6.70. The van der Waals surface area contributed by atoms with Crippen molar-refractivity contribution in [2.75, 3.05) is 0 Å². The van der Waals surface area contributed by atoms with Crippen LogP contribution in [0.5, 0.6) is 0 Å². The van der Waals surface area contributed by atoms with Crippen molar-refractivity contribution in [3.63, 3.8) is 0 Å². The van der Waals surface area contributed by atoms with E-state index >= 15 is 0 Å². The van der Waals surface area contributed by atoms with Gasteiger partial charge in [0.25, 0.3) is 5.89 Å². The smallest absolute Gasteiger partial charge is 0.257 e. The minimum absolute atomic E-state index is 0.238. The standard InChI is InChI=1S/C17H17N3O3S2/c21-25(22,18-11-12-5-2-1-3-6-12)15-10-9-14(24-15)17-20-19-16(23-17)13-7-4-8-13/h1-3,5-6,9-10,13,18H,4,7-8,11H2. The summed E-state index contributed by atoms with van der Waals surface area (Å²) < 4.78 is 33.5. The molecule has 0 saturated heterocycles. The van der Waals surface area contributed by atoms with E-state index in [1.807, 2.05) is 30.3 Å². The maximum atomic E-state index is 12.5. The first-order chi connectivity index (χ1) is 12.1. The van der Waals surface area contributed by atoms with Crippen LogP contribution in [-0.2, 0) is 16.6 Å². The van der Waals surface area contributed by atoms with E-state index in [4.69, 9.17) is 4.42 Å². The van der Waals surface area contributed by atoms with E-state index in [2.05, 4.69) is 14.9 Å². The molecule has 0 radical (unpaired) electrons. The molecule has 1 aromatic carbocycles. The predicted molar refractivity (Wildman–Crippen MR) is 94.7 cm³/mol. The highest BCUT2D eigenvalue weighted by Crippen LogP contribution is 2.37. The Morgan fingerprint density at radius 1 is 1.12 bits per heavy atom. The molecule has 1 aliphatic carbocycles.